The van der Waals surface area contributed by atoms with Gasteiger partial charge in [-0.25, -0.2) is 13.8 Å². The molecule has 0 aliphatic rings. The van der Waals surface area contributed by atoms with Gasteiger partial charge in [0.15, 0.2) is 0 Å². The Labute approximate surface area is 225 Å². The first kappa shape index (κ1) is 27.6. The minimum atomic E-state index is -1.02. The summed E-state index contributed by atoms with van der Waals surface area (Å²) in [5.74, 6) is -1.89. The van der Waals surface area contributed by atoms with Crippen molar-refractivity contribution in [3.05, 3.63) is 112 Å². The van der Waals surface area contributed by atoms with Gasteiger partial charge in [-0.1, -0.05) is 61.0 Å². The van der Waals surface area contributed by atoms with Gasteiger partial charge in [-0.05, 0) is 48.6 Å². The lowest BCUT2D eigenvalue weighted by molar-refractivity contribution is 0.0826. The van der Waals surface area contributed by atoms with Crippen LogP contribution in [0.4, 0.5) is 8.78 Å². The molecule has 3 aromatic carbocycles. The number of carbonyl (C=O) groups is 1. The monoisotopic (exact) mass is 535 g/mol. The quantitative estimate of drug-likeness (QED) is 0.239. The van der Waals surface area contributed by atoms with Crippen molar-refractivity contribution < 1.29 is 18.7 Å². The van der Waals surface area contributed by atoms with E-state index >= 15 is 0 Å². The number of aryl methyl sites for hydroxylation is 2. The van der Waals surface area contributed by atoms with E-state index in [9.17, 15) is 18.7 Å². The van der Waals surface area contributed by atoms with E-state index in [1.165, 1.54) is 29.0 Å². The van der Waals surface area contributed by atoms with Crippen LogP contribution >= 0.6 is 11.3 Å². The fourth-order valence-electron chi connectivity index (χ4n) is 4.18. The van der Waals surface area contributed by atoms with Crippen LogP contribution in [0.5, 0.6) is 0 Å². The molecule has 8 heteroatoms. The van der Waals surface area contributed by atoms with Crippen molar-refractivity contribution >= 4 is 17.2 Å². The van der Waals surface area contributed by atoms with Crippen molar-refractivity contribution in [2.75, 3.05) is 6.54 Å². The number of nitrogens with zero attached hydrogens (tertiary/aromatic N) is 1. The summed E-state index contributed by atoms with van der Waals surface area (Å²) in [6.45, 7) is 4.79. The molecule has 0 spiro atoms. The molecule has 5 nitrogen and oxygen atoms in total. The molecule has 0 radical (unpaired) electrons. The second kappa shape index (κ2) is 12.9. The zero-order chi connectivity index (χ0) is 27.1. The zero-order valence-corrected chi connectivity index (χ0v) is 22.2. The number of halogens is 2. The molecule has 0 aliphatic heterocycles. The summed E-state index contributed by atoms with van der Waals surface area (Å²) >= 11 is 1.35. The van der Waals surface area contributed by atoms with E-state index in [4.69, 9.17) is 0 Å². The van der Waals surface area contributed by atoms with E-state index in [0.29, 0.717) is 17.1 Å². The van der Waals surface area contributed by atoms with Gasteiger partial charge >= 0.3 is 0 Å². The number of rotatable bonds is 11. The predicted octanol–water partition coefficient (Wildman–Crippen LogP) is 5.45. The Hall–Kier alpha value is -3.46. The first-order valence-corrected chi connectivity index (χ1v) is 13.4. The van der Waals surface area contributed by atoms with Crippen LogP contribution < -0.4 is 10.6 Å². The minimum absolute atomic E-state index is 0.0452. The van der Waals surface area contributed by atoms with Crippen molar-refractivity contribution in [1.29, 1.82) is 0 Å². The van der Waals surface area contributed by atoms with Crippen molar-refractivity contribution in [3.63, 3.8) is 0 Å². The van der Waals surface area contributed by atoms with Crippen molar-refractivity contribution in [2.24, 2.45) is 0 Å². The zero-order valence-electron chi connectivity index (χ0n) is 21.4. The summed E-state index contributed by atoms with van der Waals surface area (Å²) in [5, 5.41) is 19.4. The van der Waals surface area contributed by atoms with Crippen LogP contribution in [-0.4, -0.2) is 34.7 Å². The Morgan fingerprint density at radius 2 is 1.71 bits per heavy atom. The first-order chi connectivity index (χ1) is 18.3. The lowest BCUT2D eigenvalue weighted by Crippen LogP contribution is -2.48. The van der Waals surface area contributed by atoms with Gasteiger partial charge < -0.3 is 15.7 Å². The van der Waals surface area contributed by atoms with Gasteiger partial charge in [0, 0.05) is 30.1 Å². The molecule has 2 unspecified atom stereocenters. The molecule has 3 N–H and O–H groups in total. The van der Waals surface area contributed by atoms with Gasteiger partial charge in [0.2, 0.25) is 0 Å². The Bertz CT molecular complexity index is 1350. The van der Waals surface area contributed by atoms with E-state index in [-0.39, 0.29) is 18.7 Å². The number of aliphatic hydroxyl groups excluding tert-OH is 1. The standard InChI is InChI=1S/C30H31F2N3O2S/c1-3-20-5-4-6-21(11-20)16-33-17-28(36)26(14-22-12-24(31)15-25(32)13-22)34-29(37)27-18-38-30(35-27)23-9-7-19(2)8-10-23/h4-13,15,18,26,28,33,36H,3,14,16-17H2,1-2H3,(H,34,37). The van der Waals surface area contributed by atoms with Crippen molar-refractivity contribution in [1.82, 2.24) is 15.6 Å². The number of hydrogen-bond acceptors (Lipinski definition) is 5. The van der Waals surface area contributed by atoms with Crippen LogP contribution in [0, 0.1) is 18.6 Å². The Morgan fingerprint density at radius 1 is 1.00 bits per heavy atom. The fourth-order valence-corrected chi connectivity index (χ4v) is 4.99. The maximum atomic E-state index is 13.8. The molecular weight excluding hydrogens is 504 g/mol. The minimum Gasteiger partial charge on any atom is -0.390 e. The fraction of sp³-hybridized carbons (Fsp3) is 0.267. The van der Waals surface area contributed by atoms with E-state index in [2.05, 4.69) is 34.7 Å². The number of amides is 1. The second-order valence-corrected chi connectivity index (χ2v) is 10.2. The van der Waals surface area contributed by atoms with Crippen molar-refractivity contribution in [2.45, 2.75) is 45.4 Å². The Morgan fingerprint density at radius 3 is 2.42 bits per heavy atom. The van der Waals surface area contributed by atoms with Crippen LogP contribution in [-0.2, 0) is 19.4 Å². The molecule has 0 fully saturated rings. The molecule has 0 bridgehead atoms. The third-order valence-electron chi connectivity index (χ3n) is 6.28. The van der Waals surface area contributed by atoms with Gasteiger partial charge in [-0.2, -0.15) is 0 Å². The van der Waals surface area contributed by atoms with Crippen LogP contribution in [0.1, 0.15) is 39.7 Å². The summed E-state index contributed by atoms with van der Waals surface area (Å²) in [6, 6.07) is 18.4. The summed E-state index contributed by atoms with van der Waals surface area (Å²) in [7, 11) is 0. The van der Waals surface area contributed by atoms with E-state index < -0.39 is 29.7 Å². The maximum absolute atomic E-state index is 13.8. The number of hydrogen-bond donors (Lipinski definition) is 3. The maximum Gasteiger partial charge on any atom is 0.271 e. The van der Waals surface area contributed by atoms with Gasteiger partial charge in [0.25, 0.3) is 5.91 Å². The number of nitrogens with one attached hydrogen (secondary N) is 2. The highest BCUT2D eigenvalue weighted by atomic mass is 32.1. The smallest absolute Gasteiger partial charge is 0.271 e. The Balaban J connectivity index is 1.46. The van der Waals surface area contributed by atoms with Gasteiger partial charge in [-0.3, -0.25) is 4.79 Å². The average molecular weight is 536 g/mol. The number of benzene rings is 3. The predicted molar refractivity (Wildman–Crippen MR) is 147 cm³/mol. The molecule has 1 aromatic heterocycles. The number of aromatic nitrogens is 1. The summed E-state index contributed by atoms with van der Waals surface area (Å²) in [6.07, 6.45) is -0.0459. The van der Waals surface area contributed by atoms with Crippen LogP contribution in [0.25, 0.3) is 10.6 Å². The molecule has 0 saturated heterocycles. The topological polar surface area (TPSA) is 74.2 Å². The molecule has 0 saturated carbocycles. The highest BCUT2D eigenvalue weighted by molar-refractivity contribution is 7.13. The molecule has 1 heterocycles. The number of thiazole rings is 1. The lowest BCUT2D eigenvalue weighted by atomic mass is 10.00. The average Bonchev–Trinajstić information content (AvgIpc) is 3.39. The highest BCUT2D eigenvalue weighted by Crippen LogP contribution is 2.24. The summed E-state index contributed by atoms with van der Waals surface area (Å²) < 4.78 is 27.7. The van der Waals surface area contributed by atoms with Crippen molar-refractivity contribution in [3.8, 4) is 10.6 Å². The largest absolute Gasteiger partial charge is 0.390 e. The Kier molecular flexibility index (Phi) is 9.33. The molecule has 4 rings (SSSR count). The number of carbonyl (C=O) groups excluding carboxylic acids is 1. The first-order valence-electron chi connectivity index (χ1n) is 12.6. The SMILES string of the molecule is CCc1cccc(CNCC(O)C(Cc2cc(F)cc(F)c2)NC(=O)c2csc(-c3ccc(C)cc3)n2)c1. The van der Waals surface area contributed by atoms with Crippen LogP contribution in [0.15, 0.2) is 72.1 Å². The van der Waals surface area contributed by atoms with E-state index in [1.807, 2.05) is 43.3 Å². The van der Waals surface area contributed by atoms with Crippen LogP contribution in [0.3, 0.4) is 0 Å². The molecule has 4 aromatic rings. The normalized spacial score (nSPS) is 12.8. The molecular formula is C30H31F2N3O2S. The summed E-state index contributed by atoms with van der Waals surface area (Å²) in [4.78, 5) is 17.6. The molecule has 1 amide bonds. The summed E-state index contributed by atoms with van der Waals surface area (Å²) in [5.41, 5.74) is 4.88. The van der Waals surface area contributed by atoms with E-state index in [1.54, 1.807) is 5.38 Å². The highest BCUT2D eigenvalue weighted by Gasteiger charge is 2.24. The van der Waals surface area contributed by atoms with Gasteiger partial charge in [-0.15, -0.1) is 11.3 Å². The van der Waals surface area contributed by atoms with E-state index in [0.717, 1.165) is 29.2 Å². The second-order valence-electron chi connectivity index (χ2n) is 9.34. The molecule has 198 valence electrons. The lowest BCUT2D eigenvalue weighted by Gasteiger charge is -2.24. The molecule has 38 heavy (non-hydrogen) atoms. The number of aliphatic hydroxyl groups is 1. The van der Waals surface area contributed by atoms with Crippen LogP contribution in [0.2, 0.25) is 0 Å². The third kappa shape index (κ3) is 7.54. The molecule has 0 aliphatic carbocycles. The third-order valence-corrected chi connectivity index (χ3v) is 7.17. The van der Waals surface area contributed by atoms with Gasteiger partial charge in [0.1, 0.15) is 22.3 Å². The van der Waals surface area contributed by atoms with Gasteiger partial charge in [0.05, 0.1) is 12.1 Å². The molecule has 2 atom stereocenters.